The van der Waals surface area contributed by atoms with Crippen molar-refractivity contribution in [2.75, 3.05) is 11.9 Å². The van der Waals surface area contributed by atoms with Crippen LogP contribution in [0, 0.1) is 0 Å². The average molecular weight is 476 g/mol. The molecular formula is C21H20BrClN4O2. The Bertz CT molecular complexity index is 1020. The van der Waals surface area contributed by atoms with E-state index in [0.717, 1.165) is 43.0 Å². The van der Waals surface area contributed by atoms with Crippen molar-refractivity contribution in [3.05, 3.63) is 57.8 Å². The number of carbonyl (C=O) groups is 1. The molecule has 0 aliphatic carbocycles. The van der Waals surface area contributed by atoms with Crippen LogP contribution in [0.5, 0.6) is 5.75 Å². The lowest BCUT2D eigenvalue weighted by Crippen LogP contribution is -2.20. The highest BCUT2D eigenvalue weighted by molar-refractivity contribution is 9.10. The second-order valence-corrected chi connectivity index (χ2v) is 8.18. The Labute approximate surface area is 182 Å². The molecule has 0 saturated heterocycles. The Hall–Kier alpha value is -2.38. The molecule has 6 nitrogen and oxygen atoms in total. The Morgan fingerprint density at radius 3 is 2.76 bits per heavy atom. The van der Waals surface area contributed by atoms with E-state index >= 15 is 0 Å². The molecule has 1 aromatic heterocycles. The first-order chi connectivity index (χ1) is 14.1. The van der Waals surface area contributed by atoms with Gasteiger partial charge in [0.15, 0.2) is 12.4 Å². The van der Waals surface area contributed by atoms with Gasteiger partial charge in [-0.2, -0.15) is 0 Å². The van der Waals surface area contributed by atoms with E-state index in [4.69, 9.17) is 16.3 Å². The molecule has 2 aromatic carbocycles. The Balaban J connectivity index is 1.38. The first-order valence-electron chi connectivity index (χ1n) is 9.50. The third-order valence-electron chi connectivity index (χ3n) is 4.79. The molecule has 1 aliphatic heterocycles. The molecule has 2 heterocycles. The quantitative estimate of drug-likeness (QED) is 0.557. The van der Waals surface area contributed by atoms with Crippen LogP contribution < -0.4 is 10.1 Å². The van der Waals surface area contributed by atoms with Crippen molar-refractivity contribution in [2.45, 2.75) is 32.2 Å². The van der Waals surface area contributed by atoms with Gasteiger partial charge in [-0.3, -0.25) is 4.79 Å². The molecule has 0 spiro atoms. The zero-order chi connectivity index (χ0) is 20.2. The smallest absolute Gasteiger partial charge is 0.262 e. The van der Waals surface area contributed by atoms with Gasteiger partial charge in [-0.05, 0) is 71.2 Å². The fraction of sp³-hybridized carbons (Fsp3) is 0.286. The van der Waals surface area contributed by atoms with Gasteiger partial charge in [-0.15, -0.1) is 10.2 Å². The van der Waals surface area contributed by atoms with Crippen LogP contribution in [0.2, 0.25) is 5.02 Å². The number of anilines is 1. The number of fused-ring (bicyclic) bond motifs is 1. The normalized spacial score (nSPS) is 13.4. The highest BCUT2D eigenvalue weighted by Crippen LogP contribution is 2.28. The number of carbonyl (C=O) groups excluding carboxylic acids is 1. The lowest BCUT2D eigenvalue weighted by Gasteiger charge is -2.10. The number of aryl methyl sites for hydroxylation is 1. The number of halogens is 2. The molecule has 0 bridgehead atoms. The van der Waals surface area contributed by atoms with E-state index in [1.165, 1.54) is 6.42 Å². The standard InChI is InChI=1S/C21H20BrClN4O2/c22-17-12-15(23)7-10-18(17)29-13-20(28)24-16-8-5-14(6-9-16)21-26-25-19-4-2-1-3-11-27(19)21/h5-10,12H,1-4,11,13H2,(H,24,28). The summed E-state index contributed by atoms with van der Waals surface area (Å²) >= 11 is 9.28. The minimum atomic E-state index is -0.240. The lowest BCUT2D eigenvalue weighted by atomic mass is 10.2. The Morgan fingerprint density at radius 1 is 1.14 bits per heavy atom. The van der Waals surface area contributed by atoms with Gasteiger partial charge < -0.3 is 14.6 Å². The zero-order valence-corrected chi connectivity index (χ0v) is 18.0. The van der Waals surface area contributed by atoms with E-state index in [0.29, 0.717) is 20.9 Å². The Morgan fingerprint density at radius 2 is 1.97 bits per heavy atom. The van der Waals surface area contributed by atoms with Crippen LogP contribution in [-0.4, -0.2) is 27.3 Å². The minimum Gasteiger partial charge on any atom is -0.483 e. The molecule has 1 N–H and O–H groups in total. The molecule has 0 saturated carbocycles. The van der Waals surface area contributed by atoms with E-state index < -0.39 is 0 Å². The summed E-state index contributed by atoms with van der Waals surface area (Å²) in [5.41, 5.74) is 1.69. The van der Waals surface area contributed by atoms with E-state index in [-0.39, 0.29) is 12.5 Å². The molecule has 4 rings (SSSR count). The van der Waals surface area contributed by atoms with Crippen molar-refractivity contribution in [2.24, 2.45) is 0 Å². The second-order valence-electron chi connectivity index (χ2n) is 6.89. The molecule has 1 aliphatic rings. The van der Waals surface area contributed by atoms with Crippen molar-refractivity contribution >= 4 is 39.1 Å². The van der Waals surface area contributed by atoms with E-state index in [2.05, 4.69) is 36.0 Å². The van der Waals surface area contributed by atoms with Crippen LogP contribution in [0.4, 0.5) is 5.69 Å². The SMILES string of the molecule is O=C(COc1ccc(Cl)cc1Br)Nc1ccc(-c2nnc3n2CCCCC3)cc1. The Kier molecular flexibility index (Phi) is 6.16. The maximum absolute atomic E-state index is 12.2. The van der Waals surface area contributed by atoms with E-state index in [9.17, 15) is 4.79 Å². The van der Waals surface area contributed by atoms with Gasteiger partial charge in [0.1, 0.15) is 11.6 Å². The molecule has 0 atom stereocenters. The first kappa shape index (κ1) is 19.9. The van der Waals surface area contributed by atoms with Gasteiger partial charge in [0.05, 0.1) is 4.47 Å². The molecular weight excluding hydrogens is 456 g/mol. The molecule has 0 unspecified atom stereocenters. The third kappa shape index (κ3) is 4.79. The minimum absolute atomic E-state index is 0.0975. The molecule has 3 aromatic rings. The molecule has 0 radical (unpaired) electrons. The highest BCUT2D eigenvalue weighted by Gasteiger charge is 2.16. The van der Waals surface area contributed by atoms with Crippen molar-refractivity contribution in [3.63, 3.8) is 0 Å². The number of rotatable bonds is 5. The summed E-state index contributed by atoms with van der Waals surface area (Å²) in [5.74, 6) is 2.26. The fourth-order valence-corrected chi connectivity index (χ4v) is 4.13. The third-order valence-corrected chi connectivity index (χ3v) is 5.64. The number of hydrogen-bond acceptors (Lipinski definition) is 4. The number of nitrogens with zero attached hydrogens (tertiary/aromatic N) is 3. The summed E-state index contributed by atoms with van der Waals surface area (Å²) in [4.78, 5) is 12.2. The monoisotopic (exact) mass is 474 g/mol. The van der Waals surface area contributed by atoms with Crippen LogP contribution in [-0.2, 0) is 17.8 Å². The van der Waals surface area contributed by atoms with Crippen molar-refractivity contribution in [3.8, 4) is 17.1 Å². The van der Waals surface area contributed by atoms with Gasteiger partial charge in [-0.25, -0.2) is 0 Å². The second kappa shape index (κ2) is 8.97. The van der Waals surface area contributed by atoms with Crippen LogP contribution in [0.3, 0.4) is 0 Å². The highest BCUT2D eigenvalue weighted by atomic mass is 79.9. The summed E-state index contributed by atoms with van der Waals surface area (Å²) in [5, 5.41) is 12.1. The fourth-order valence-electron chi connectivity index (χ4n) is 3.33. The lowest BCUT2D eigenvalue weighted by molar-refractivity contribution is -0.118. The van der Waals surface area contributed by atoms with Crippen LogP contribution >= 0.6 is 27.5 Å². The number of hydrogen-bond donors (Lipinski definition) is 1. The first-order valence-corrected chi connectivity index (χ1v) is 10.7. The van der Waals surface area contributed by atoms with E-state index in [1.807, 2.05) is 24.3 Å². The zero-order valence-electron chi connectivity index (χ0n) is 15.7. The molecule has 150 valence electrons. The predicted molar refractivity (Wildman–Crippen MR) is 116 cm³/mol. The topological polar surface area (TPSA) is 69.0 Å². The average Bonchev–Trinajstić information content (AvgIpc) is 2.96. The van der Waals surface area contributed by atoms with Crippen molar-refractivity contribution in [1.29, 1.82) is 0 Å². The number of amides is 1. The maximum atomic E-state index is 12.2. The van der Waals surface area contributed by atoms with Gasteiger partial charge in [0.25, 0.3) is 5.91 Å². The van der Waals surface area contributed by atoms with Gasteiger partial charge in [0.2, 0.25) is 0 Å². The summed E-state index contributed by atoms with van der Waals surface area (Å²) < 4.78 is 8.45. The van der Waals surface area contributed by atoms with Crippen LogP contribution in [0.1, 0.15) is 25.1 Å². The maximum Gasteiger partial charge on any atom is 0.262 e. The summed E-state index contributed by atoms with van der Waals surface area (Å²) in [7, 11) is 0. The molecule has 29 heavy (non-hydrogen) atoms. The van der Waals surface area contributed by atoms with Crippen molar-refractivity contribution in [1.82, 2.24) is 14.8 Å². The van der Waals surface area contributed by atoms with Gasteiger partial charge in [-0.1, -0.05) is 18.0 Å². The predicted octanol–water partition coefficient (Wildman–Crippen LogP) is 5.10. The number of benzene rings is 2. The van der Waals surface area contributed by atoms with E-state index in [1.54, 1.807) is 18.2 Å². The molecule has 0 fully saturated rings. The number of ether oxygens (including phenoxy) is 1. The van der Waals surface area contributed by atoms with Crippen LogP contribution in [0.25, 0.3) is 11.4 Å². The number of nitrogens with one attached hydrogen (secondary N) is 1. The molecule has 1 amide bonds. The van der Waals surface area contributed by atoms with Gasteiger partial charge in [0, 0.05) is 29.2 Å². The summed E-state index contributed by atoms with van der Waals surface area (Å²) in [6, 6.07) is 12.8. The number of aromatic nitrogens is 3. The molecule has 8 heteroatoms. The van der Waals surface area contributed by atoms with Crippen molar-refractivity contribution < 1.29 is 9.53 Å². The van der Waals surface area contributed by atoms with Gasteiger partial charge >= 0.3 is 0 Å². The van der Waals surface area contributed by atoms with Crippen LogP contribution in [0.15, 0.2) is 46.9 Å². The summed E-state index contributed by atoms with van der Waals surface area (Å²) in [6.07, 6.45) is 4.51. The largest absolute Gasteiger partial charge is 0.483 e. The summed E-state index contributed by atoms with van der Waals surface area (Å²) in [6.45, 7) is 0.855.